The van der Waals surface area contributed by atoms with E-state index in [4.69, 9.17) is 4.98 Å². The highest BCUT2D eigenvalue weighted by atomic mass is 19.4. The average molecular weight is 600 g/mol. The van der Waals surface area contributed by atoms with Gasteiger partial charge in [0.2, 0.25) is 29.1 Å². The SMILES string of the molecule is CN1CCN(C(=O)Cn2cc(Nc3nc4c([N+]5=CC6CCC(C5)N6C(=O)C5CC(C(F)(F)F)C5)cccn4n3)cn2)CC1. The molecular formula is C28H34F3N10O2+. The summed E-state index contributed by atoms with van der Waals surface area (Å²) < 4.78 is 44.3. The number of nitrogens with zero attached hydrogens (tertiary/aromatic N) is 9. The van der Waals surface area contributed by atoms with E-state index in [0.717, 1.165) is 31.6 Å². The summed E-state index contributed by atoms with van der Waals surface area (Å²) in [6.07, 6.45) is 4.33. The van der Waals surface area contributed by atoms with Crippen molar-refractivity contribution in [3.05, 3.63) is 30.7 Å². The van der Waals surface area contributed by atoms with E-state index >= 15 is 0 Å². The van der Waals surface area contributed by atoms with Crippen molar-refractivity contribution < 1.29 is 27.3 Å². The van der Waals surface area contributed by atoms with Crippen LogP contribution in [0.25, 0.3) is 5.65 Å². The fraction of sp³-hybridized carbons (Fsp3) is 0.571. The first-order valence-electron chi connectivity index (χ1n) is 14.7. The Kier molecular flexibility index (Phi) is 6.86. The van der Waals surface area contributed by atoms with E-state index in [9.17, 15) is 22.8 Å². The molecule has 2 amide bonds. The van der Waals surface area contributed by atoms with Gasteiger partial charge in [-0.3, -0.25) is 14.3 Å². The third-order valence-corrected chi connectivity index (χ3v) is 9.20. The number of likely N-dealkylation sites (N-methyl/N-ethyl adjacent to an activating group) is 1. The van der Waals surface area contributed by atoms with Gasteiger partial charge in [-0.05, 0) is 38.8 Å². The molecule has 3 aliphatic heterocycles. The number of hydrogen-bond acceptors (Lipinski definition) is 7. The van der Waals surface area contributed by atoms with Crippen LogP contribution in [0.15, 0.2) is 30.7 Å². The molecule has 15 heteroatoms. The minimum Gasteiger partial charge on any atom is -0.339 e. The fourth-order valence-electron chi connectivity index (χ4n) is 6.66. The number of rotatable bonds is 6. The summed E-state index contributed by atoms with van der Waals surface area (Å²) >= 11 is 0. The smallest absolute Gasteiger partial charge is 0.339 e. The summed E-state index contributed by atoms with van der Waals surface area (Å²) in [5.74, 6) is -1.65. The Bertz CT molecular complexity index is 1570. The lowest BCUT2D eigenvalue weighted by Gasteiger charge is -2.40. The van der Waals surface area contributed by atoms with Gasteiger partial charge in [-0.1, -0.05) is 0 Å². The molecule has 2 bridgehead atoms. The van der Waals surface area contributed by atoms with E-state index in [1.54, 1.807) is 27.8 Å². The summed E-state index contributed by atoms with van der Waals surface area (Å²) in [7, 11) is 2.05. The van der Waals surface area contributed by atoms with Crippen LogP contribution in [0.5, 0.6) is 0 Å². The van der Waals surface area contributed by atoms with Crippen LogP contribution in [0.4, 0.5) is 30.5 Å². The zero-order valence-electron chi connectivity index (χ0n) is 23.8. The normalized spacial score (nSPS) is 26.0. The number of carbonyl (C=O) groups excluding carboxylic acids is 2. The molecular weight excluding hydrogens is 565 g/mol. The predicted octanol–water partition coefficient (Wildman–Crippen LogP) is 2.12. The van der Waals surface area contributed by atoms with Crippen LogP contribution in [-0.2, 0) is 16.1 Å². The maximum absolute atomic E-state index is 13.2. The Hall–Kier alpha value is -4.01. The molecule has 6 heterocycles. The predicted molar refractivity (Wildman–Crippen MR) is 149 cm³/mol. The summed E-state index contributed by atoms with van der Waals surface area (Å²) in [6, 6.07) is 3.61. The number of hydrogen-bond donors (Lipinski definition) is 1. The Morgan fingerprint density at radius 3 is 2.67 bits per heavy atom. The van der Waals surface area contributed by atoms with Crippen molar-refractivity contribution in [2.75, 3.05) is 45.1 Å². The molecule has 0 radical (unpaired) electrons. The van der Waals surface area contributed by atoms with Crippen molar-refractivity contribution in [1.29, 1.82) is 0 Å². The number of pyridine rings is 1. The van der Waals surface area contributed by atoms with Gasteiger partial charge in [0.15, 0.2) is 12.8 Å². The number of amides is 2. The monoisotopic (exact) mass is 599 g/mol. The summed E-state index contributed by atoms with van der Waals surface area (Å²) in [4.78, 5) is 36.4. The zero-order valence-corrected chi connectivity index (χ0v) is 23.8. The lowest BCUT2D eigenvalue weighted by atomic mass is 9.73. The molecule has 3 aromatic heterocycles. The van der Waals surface area contributed by atoms with Gasteiger partial charge in [-0.25, -0.2) is 4.52 Å². The number of carbonyl (C=O) groups is 2. The van der Waals surface area contributed by atoms with Crippen LogP contribution in [0, 0.1) is 11.8 Å². The van der Waals surface area contributed by atoms with Gasteiger partial charge in [-0.15, -0.1) is 5.10 Å². The topological polar surface area (TPSA) is 107 Å². The first kappa shape index (κ1) is 27.8. The van der Waals surface area contributed by atoms with E-state index < -0.39 is 18.0 Å². The van der Waals surface area contributed by atoms with E-state index in [0.29, 0.717) is 36.9 Å². The van der Waals surface area contributed by atoms with Crippen LogP contribution >= 0.6 is 0 Å². The van der Waals surface area contributed by atoms with Crippen molar-refractivity contribution in [3.8, 4) is 0 Å². The second kappa shape index (κ2) is 10.6. The largest absolute Gasteiger partial charge is 0.391 e. The minimum atomic E-state index is -4.23. The highest BCUT2D eigenvalue weighted by Gasteiger charge is 2.54. The molecule has 7 rings (SSSR count). The molecule has 1 saturated carbocycles. The van der Waals surface area contributed by atoms with Crippen molar-refractivity contribution >= 4 is 41.0 Å². The fourth-order valence-corrected chi connectivity index (χ4v) is 6.66. The van der Waals surface area contributed by atoms with Gasteiger partial charge in [0, 0.05) is 50.6 Å². The first-order valence-corrected chi connectivity index (χ1v) is 14.7. The molecule has 0 spiro atoms. The number of halogens is 3. The Labute approximate surface area is 245 Å². The van der Waals surface area contributed by atoms with Gasteiger partial charge < -0.3 is 20.0 Å². The third-order valence-electron chi connectivity index (χ3n) is 9.20. The Morgan fingerprint density at radius 1 is 1.14 bits per heavy atom. The first-order chi connectivity index (χ1) is 20.6. The second-order valence-corrected chi connectivity index (χ2v) is 12.1. The standard InChI is InChI=1S/C28H34F3N10O2/c1-36-7-9-37(10-8-36)24(42)17-39-14-20(13-32-39)33-27-34-25-23(3-2-6-40(25)35-27)38-15-21-4-5-22(16-38)41(21)26(43)18-11-19(12-18)28(29,30)31/h2-3,6,13-15,18-19,21-22H,4-5,7-12,16-17H2,1H3,(H,33,35)/q+1. The van der Waals surface area contributed by atoms with E-state index in [1.165, 1.54) is 0 Å². The van der Waals surface area contributed by atoms with Gasteiger partial charge in [0.05, 0.1) is 23.8 Å². The average Bonchev–Trinajstić information content (AvgIpc) is 3.62. The van der Waals surface area contributed by atoms with Crippen LogP contribution in [0.1, 0.15) is 25.7 Å². The van der Waals surface area contributed by atoms with Gasteiger partial charge >= 0.3 is 6.18 Å². The molecule has 0 aromatic carbocycles. The zero-order chi connectivity index (χ0) is 29.9. The van der Waals surface area contributed by atoms with Crippen molar-refractivity contribution in [1.82, 2.24) is 39.1 Å². The van der Waals surface area contributed by atoms with Crippen LogP contribution in [0.3, 0.4) is 0 Å². The molecule has 1 N–H and O–H groups in total. The second-order valence-electron chi connectivity index (χ2n) is 12.1. The van der Waals surface area contributed by atoms with Gasteiger partial charge in [-0.2, -0.15) is 27.8 Å². The van der Waals surface area contributed by atoms with E-state index in [2.05, 4.69) is 25.0 Å². The van der Waals surface area contributed by atoms with E-state index in [-0.39, 0.29) is 43.3 Å². The summed E-state index contributed by atoms with van der Waals surface area (Å²) in [6.45, 7) is 3.84. The maximum atomic E-state index is 13.2. The minimum absolute atomic E-state index is 0.0310. The number of alkyl halides is 3. The van der Waals surface area contributed by atoms with Crippen molar-refractivity contribution in [2.24, 2.45) is 11.8 Å². The summed E-state index contributed by atoms with van der Waals surface area (Å²) in [5, 5.41) is 12.1. The molecule has 2 unspecified atom stereocenters. The quantitative estimate of drug-likeness (QED) is 0.433. The maximum Gasteiger partial charge on any atom is 0.391 e. The van der Waals surface area contributed by atoms with Crippen molar-refractivity contribution in [3.63, 3.8) is 0 Å². The lowest BCUT2D eigenvalue weighted by molar-refractivity contribution is -0.449. The molecule has 4 aliphatic rings. The number of aromatic nitrogens is 5. The molecule has 228 valence electrons. The highest BCUT2D eigenvalue weighted by Crippen LogP contribution is 2.46. The molecule has 3 fully saturated rings. The lowest BCUT2D eigenvalue weighted by Crippen LogP contribution is -2.54. The molecule has 43 heavy (non-hydrogen) atoms. The molecule has 2 saturated heterocycles. The molecule has 3 aromatic rings. The Morgan fingerprint density at radius 2 is 1.93 bits per heavy atom. The number of fused-ring (bicyclic) bond motifs is 3. The van der Waals surface area contributed by atoms with Crippen LogP contribution in [0.2, 0.25) is 0 Å². The van der Waals surface area contributed by atoms with Crippen molar-refractivity contribution in [2.45, 2.75) is 50.5 Å². The van der Waals surface area contributed by atoms with Crippen LogP contribution in [-0.4, -0.2) is 120 Å². The Balaban J connectivity index is 1.03. The van der Waals surface area contributed by atoms with Gasteiger partial charge in [0.25, 0.3) is 0 Å². The molecule has 2 atom stereocenters. The number of nitrogens with one attached hydrogen (secondary N) is 1. The third kappa shape index (κ3) is 5.34. The van der Waals surface area contributed by atoms with E-state index in [1.807, 2.05) is 35.2 Å². The molecule has 1 aliphatic carbocycles. The molecule has 12 nitrogen and oxygen atoms in total. The van der Waals surface area contributed by atoms with Crippen LogP contribution < -0.4 is 5.32 Å². The summed E-state index contributed by atoms with van der Waals surface area (Å²) in [5.41, 5.74) is 2.12. The number of anilines is 2. The number of piperazine rings is 1. The van der Waals surface area contributed by atoms with Gasteiger partial charge in [0.1, 0.15) is 12.6 Å². The highest BCUT2D eigenvalue weighted by molar-refractivity contribution is 5.84.